The zero-order valence-electron chi connectivity index (χ0n) is 81.7. The number of carboxylic acid groups (broad SMARTS) is 1. The molecule has 0 bridgehead atoms. The van der Waals surface area contributed by atoms with Gasteiger partial charge in [0.2, 0.25) is 11.5 Å². The Morgan fingerprint density at radius 1 is 0.387 bits per heavy atom. The maximum atomic E-state index is 12.8. The van der Waals surface area contributed by atoms with E-state index in [-0.39, 0.29) is 77.6 Å². The molecule has 44 heteroatoms. The number of hydrogen-bond acceptors (Lipinski definition) is 22. The van der Waals surface area contributed by atoms with E-state index >= 15 is 0 Å². The van der Waals surface area contributed by atoms with Gasteiger partial charge in [-0.1, -0.05) is 97.1 Å². The van der Waals surface area contributed by atoms with Gasteiger partial charge in [0.05, 0.1) is 67.3 Å². The predicted octanol–water partition coefficient (Wildman–Crippen LogP) is 22.4. The Kier molecular flexibility index (Phi) is 43.8. The first kappa shape index (κ1) is 122. The number of aliphatic carboxylic acids is 1. The third-order valence-electron chi connectivity index (χ3n) is 22.7. The summed E-state index contributed by atoms with van der Waals surface area (Å²) in [5.41, 5.74) is 7.90. The van der Waals surface area contributed by atoms with E-state index in [2.05, 4.69) is 35.2 Å². The monoisotopic (exact) mass is 2190 g/mol. The summed E-state index contributed by atoms with van der Waals surface area (Å²) in [5.74, 6) is 3.48. The number of benzene rings is 8. The molecule has 0 unspecified atom stereocenters. The van der Waals surface area contributed by atoms with Crippen LogP contribution in [-0.4, -0.2) is 133 Å². The number of aryl methyl sites for hydroxylation is 6. The van der Waals surface area contributed by atoms with Crippen molar-refractivity contribution in [3.05, 3.63) is 347 Å². The summed E-state index contributed by atoms with van der Waals surface area (Å²) in [6.45, 7) is 16.7. The molecule has 0 saturated carbocycles. The van der Waals surface area contributed by atoms with Crippen LogP contribution in [0.4, 0.5) is 79.0 Å². The van der Waals surface area contributed by atoms with E-state index in [0.717, 1.165) is 176 Å². The van der Waals surface area contributed by atoms with E-state index in [1.807, 2.05) is 56.3 Å². The number of hydrogen-bond donors (Lipinski definition) is 4. The van der Waals surface area contributed by atoms with E-state index in [1.165, 1.54) is 91.6 Å². The molecule has 2 aliphatic rings. The molecule has 0 aliphatic carbocycles. The van der Waals surface area contributed by atoms with Gasteiger partial charge in [0.1, 0.15) is 64.2 Å². The number of ether oxygens (including phenoxy) is 5. The van der Waals surface area contributed by atoms with Gasteiger partial charge in [-0.15, -0.1) is 0 Å². The first-order valence-corrected chi connectivity index (χ1v) is 45.6. The van der Waals surface area contributed by atoms with Crippen molar-refractivity contribution in [2.24, 2.45) is 0 Å². The van der Waals surface area contributed by atoms with Gasteiger partial charge in [0.25, 0.3) is 0 Å². The van der Waals surface area contributed by atoms with Crippen molar-refractivity contribution in [3.8, 4) is 68.1 Å². The van der Waals surface area contributed by atoms with E-state index in [0.29, 0.717) is 116 Å². The molecule has 2 aliphatic heterocycles. The second-order valence-electron chi connectivity index (χ2n) is 33.3. The molecule has 5 N–H and O–H groups in total. The van der Waals surface area contributed by atoms with E-state index in [4.69, 9.17) is 61.0 Å². The van der Waals surface area contributed by atoms with Gasteiger partial charge in [-0.05, 0) is 261 Å². The minimum atomic E-state index is -4.39. The fourth-order valence-corrected chi connectivity index (χ4v) is 15.2. The molecular formula is C106H97BBrF18N2NaO21. The number of aliphatic hydroxyl groups excluding tert-OH is 1. The van der Waals surface area contributed by atoms with Gasteiger partial charge in [0, 0.05) is 65.1 Å². The number of esters is 3. The quantitative estimate of drug-likeness (QED) is 0.0171. The maximum Gasteiger partial charge on any atom is 1.00 e. The summed E-state index contributed by atoms with van der Waals surface area (Å²) >= 11 is 3.11. The number of carboxylic acids is 1. The summed E-state index contributed by atoms with van der Waals surface area (Å²) in [6, 6.07) is 49.4. The van der Waals surface area contributed by atoms with Crippen LogP contribution < -0.4 is 44.5 Å². The molecule has 794 valence electrons. The standard InChI is InChI=1S/C27H28F3NO4.C25H24F3NO4.C14H11F3O3.C13H11F3O2.C13H9F3O2.C7H6BF3O2.C7H7BrO3.Na.H2O/c1-3-33-26(32)17-34-23-9-6-19-10-12-31(13-11-21(19)15-23)16-25-18(2)14-24(35-25)20-4-7-22(8-5-20)27(28,29)30;1-16-12-22(18-2-5-20(6-3-18)25(26,27)28)33-23(16)14-29-10-8-17-4-7-21(32-15-24(30)31)13-19(17)9-11-29;1-8-7-11(20-12(8)13(18)19-2)9-3-5-10(6-4-9)14(15,16)17;2*1-8-6-11(18-12(8)7-17)9-2-4-10(5-3-9)13(14,15)16;9-7(10,11)5-1-3-6(4-2-5)8(12)13;1-4-3-5(8)11-6(4)7(9)10-2;;/h4-9,14-15H,3,10-13,16-17H2,1-2H3;2-7,12-13H,8-11,14-15H2,1H3,(H,30,31);3-7H,1-2H3;2-6,17H,7H2,1H3;2-7H,1H3;1-4,12-13H;3H,1-2H3;;1H2/q;;;;;;;+1;/p-1. The molecule has 8 heterocycles. The van der Waals surface area contributed by atoms with Crippen LogP contribution in [0, 0.1) is 41.5 Å². The number of furan rings is 6. The Balaban J connectivity index is 0.000000220. The molecule has 6 aromatic heterocycles. The van der Waals surface area contributed by atoms with Crippen molar-refractivity contribution in [1.82, 2.24) is 9.80 Å². The molecular weight excluding hydrogens is 2090 g/mol. The smallest absolute Gasteiger partial charge is 0.870 e. The van der Waals surface area contributed by atoms with E-state index in [1.54, 1.807) is 65.0 Å². The van der Waals surface area contributed by atoms with Crippen molar-refractivity contribution >= 4 is 58.7 Å². The van der Waals surface area contributed by atoms with Gasteiger partial charge in [-0.25, -0.2) is 19.2 Å². The summed E-state index contributed by atoms with van der Waals surface area (Å²) in [4.78, 5) is 59.8. The normalized spacial score (nSPS) is 12.6. The van der Waals surface area contributed by atoms with Crippen LogP contribution in [0.2, 0.25) is 0 Å². The average molecular weight is 2190 g/mol. The Morgan fingerprint density at radius 2 is 0.680 bits per heavy atom. The first-order valence-electron chi connectivity index (χ1n) is 44.8. The fourth-order valence-electron chi connectivity index (χ4n) is 14.7. The van der Waals surface area contributed by atoms with E-state index in [9.17, 15) is 103 Å². The summed E-state index contributed by atoms with van der Waals surface area (Å²) < 4.78 is 283. The number of methoxy groups -OCH3 is 2. The van der Waals surface area contributed by atoms with Crippen LogP contribution in [0.1, 0.15) is 145 Å². The Hall–Kier alpha value is -13.4. The van der Waals surface area contributed by atoms with Crippen LogP contribution in [0.15, 0.2) is 250 Å². The van der Waals surface area contributed by atoms with Crippen LogP contribution in [0.25, 0.3) is 56.6 Å². The average Bonchev–Trinajstić information content (AvgIpc) is 1.68. The molecule has 0 saturated heterocycles. The van der Waals surface area contributed by atoms with Crippen molar-refractivity contribution in [2.45, 2.75) is 131 Å². The van der Waals surface area contributed by atoms with Crippen molar-refractivity contribution in [3.63, 3.8) is 0 Å². The molecule has 16 rings (SSSR count). The molecule has 0 fully saturated rings. The van der Waals surface area contributed by atoms with Crippen molar-refractivity contribution in [1.29, 1.82) is 0 Å². The van der Waals surface area contributed by atoms with Crippen molar-refractivity contribution in [2.75, 3.05) is 60.2 Å². The number of carbonyl (C=O) groups is 5. The van der Waals surface area contributed by atoms with Crippen LogP contribution in [0.5, 0.6) is 11.5 Å². The molecule has 0 atom stereocenters. The third kappa shape index (κ3) is 35.1. The predicted molar refractivity (Wildman–Crippen MR) is 511 cm³/mol. The summed E-state index contributed by atoms with van der Waals surface area (Å²) in [7, 11) is 0.808. The Labute approximate surface area is 877 Å². The van der Waals surface area contributed by atoms with Crippen LogP contribution in [0.3, 0.4) is 0 Å². The SMILES string of the molecule is CCOC(=O)COc1ccc2c(c1)CCN(Cc1oc(-c3ccc(C(F)(F)F)cc3)cc1C)CC2.COC(=O)c1oc(-c2ccc(C(F)(F)F)cc2)cc1C.COC(=O)c1oc(Br)cc1C.Cc1cc(-c2ccc(C(F)(F)F)cc2)oc1C=O.Cc1cc(-c2ccc(C(F)(F)F)cc2)oc1CN1CCc2ccc(OCC(=O)O)cc2CC1.Cc1cc(-c2ccc(C(F)(F)F)cc2)oc1CO.OB(O)c1ccc(C(F)(F)F)cc1.[Na+].[OH-]. The number of aliphatic hydroxyl groups is 1. The van der Waals surface area contributed by atoms with E-state index < -0.39 is 101 Å². The maximum absolute atomic E-state index is 12.8. The second-order valence-corrected chi connectivity index (χ2v) is 34.1. The first-order chi connectivity index (χ1) is 69.6. The number of rotatable bonds is 21. The third-order valence-corrected chi connectivity index (χ3v) is 23.1. The topological polar surface area (TPSA) is 328 Å². The fraction of sp³-hybridized carbons (Fsp3) is 0.274. The van der Waals surface area contributed by atoms with Crippen LogP contribution in [-0.2, 0) is 106 Å². The number of aldehydes is 1. The number of halogens is 19. The van der Waals surface area contributed by atoms with Gasteiger partial charge in [-0.3, -0.25) is 14.6 Å². The molecule has 0 spiro atoms. The minimum absolute atomic E-state index is 0. The van der Waals surface area contributed by atoms with Gasteiger partial charge >= 0.3 is 97.6 Å². The minimum Gasteiger partial charge on any atom is -0.870 e. The number of fused-ring (bicyclic) bond motifs is 2. The van der Waals surface area contributed by atoms with Gasteiger partial charge < -0.3 is 75.9 Å². The number of alkyl halides is 18. The van der Waals surface area contributed by atoms with Gasteiger partial charge in [-0.2, -0.15) is 79.0 Å². The molecule has 14 aromatic rings. The second kappa shape index (κ2) is 53.9. The number of nitrogens with zero attached hydrogens (tertiary/aromatic N) is 2. The molecule has 8 aromatic carbocycles. The number of carbonyl (C=O) groups excluding carboxylic acids is 4. The molecule has 0 amide bonds. The summed E-state index contributed by atoms with van der Waals surface area (Å²) in [6.07, 6.45) is -22.3. The van der Waals surface area contributed by atoms with Crippen molar-refractivity contribution < 1.29 is 208 Å². The zero-order chi connectivity index (χ0) is 109. The Bertz CT molecular complexity index is 6780. The summed E-state index contributed by atoms with van der Waals surface area (Å²) in [5, 5.41) is 35.0. The van der Waals surface area contributed by atoms with Gasteiger partial charge in [0.15, 0.2) is 29.9 Å². The Morgan fingerprint density at radius 3 is 0.973 bits per heavy atom. The largest absolute Gasteiger partial charge is 1.00 e. The van der Waals surface area contributed by atoms with Crippen LogP contribution >= 0.6 is 15.9 Å². The molecule has 150 heavy (non-hydrogen) atoms. The molecule has 23 nitrogen and oxygen atoms in total. The zero-order valence-corrected chi connectivity index (χ0v) is 85.3. The molecule has 0 radical (unpaired) electrons.